The van der Waals surface area contributed by atoms with Gasteiger partial charge in [0.2, 0.25) is 0 Å². The average molecular weight is 191 g/mol. The molecule has 0 radical (unpaired) electrons. The Bertz CT molecular complexity index is 350. The Morgan fingerprint density at radius 3 is 2.58 bits per heavy atom. The first-order valence-corrected chi connectivity index (χ1v) is 5.01. The van der Waals surface area contributed by atoms with Gasteiger partial charge in [0.05, 0.1) is 0 Å². The van der Waals surface area contributed by atoms with Gasteiger partial charge in [0.1, 0.15) is 0 Å². The molecule has 0 aromatic heterocycles. The van der Waals surface area contributed by atoms with E-state index in [9.17, 15) is 0 Å². The third-order valence-corrected chi connectivity index (χ3v) is 3.93. The maximum absolute atomic E-state index is 2.28. The van der Waals surface area contributed by atoms with Crippen molar-refractivity contribution in [3.8, 4) is 0 Å². The van der Waals surface area contributed by atoms with E-state index in [1.807, 2.05) is 0 Å². The summed E-state index contributed by atoms with van der Waals surface area (Å²) in [7, 11) is 0. The molecule has 1 aromatic carbocycles. The van der Waals surface area contributed by atoms with Crippen molar-refractivity contribution >= 4 is 5.57 Å². The fourth-order valence-electron chi connectivity index (χ4n) is 1.84. The predicted octanol–water partition coefficient (Wildman–Crippen LogP) is 3.08. The average Bonchev–Trinajstić information content (AvgIpc) is 2.33. The van der Waals surface area contributed by atoms with E-state index in [1.165, 1.54) is 20.6 Å². The van der Waals surface area contributed by atoms with Gasteiger partial charge >= 0.3 is 85.0 Å². The zero-order valence-electron chi connectivity index (χ0n) is 7.39. The molecule has 0 saturated heterocycles. The standard InChI is InChI=1S/C11H11.Ti/c1-8-7-9(2)11-6-4-3-5-10(8)11;/h3-6,8H,1-2H3;. The van der Waals surface area contributed by atoms with Gasteiger partial charge < -0.3 is 0 Å². The van der Waals surface area contributed by atoms with Crippen molar-refractivity contribution in [1.82, 2.24) is 0 Å². The molecular weight excluding hydrogens is 180 g/mol. The molecule has 0 aliphatic heterocycles. The maximum atomic E-state index is 2.28. The minimum absolute atomic E-state index is 0.626. The van der Waals surface area contributed by atoms with Gasteiger partial charge in [0, 0.05) is 0 Å². The number of allylic oxidation sites excluding steroid dienone is 2. The zero-order chi connectivity index (χ0) is 8.72. The van der Waals surface area contributed by atoms with Crippen LogP contribution in [0.1, 0.15) is 30.9 Å². The second-order valence-corrected chi connectivity index (χ2v) is 4.19. The molecule has 0 N–H and O–H groups in total. The van der Waals surface area contributed by atoms with Crippen molar-refractivity contribution < 1.29 is 20.4 Å². The van der Waals surface area contributed by atoms with E-state index >= 15 is 0 Å². The summed E-state index contributed by atoms with van der Waals surface area (Å²) in [6, 6.07) is 8.70. The molecule has 59 valence electrons. The Morgan fingerprint density at radius 1 is 1.25 bits per heavy atom. The van der Waals surface area contributed by atoms with Gasteiger partial charge in [-0.2, -0.15) is 0 Å². The van der Waals surface area contributed by atoms with Gasteiger partial charge in [-0.1, -0.05) is 0 Å². The van der Waals surface area contributed by atoms with Crippen molar-refractivity contribution in [3.05, 3.63) is 39.3 Å². The van der Waals surface area contributed by atoms with Crippen LogP contribution in [0.4, 0.5) is 0 Å². The number of hydrogen-bond donors (Lipinski definition) is 0. The van der Waals surface area contributed by atoms with Crippen LogP contribution in [0.25, 0.3) is 5.57 Å². The van der Waals surface area contributed by atoms with Crippen molar-refractivity contribution in [2.45, 2.75) is 19.8 Å². The van der Waals surface area contributed by atoms with E-state index in [-0.39, 0.29) is 0 Å². The Morgan fingerprint density at radius 2 is 1.92 bits per heavy atom. The summed E-state index contributed by atoms with van der Waals surface area (Å²) in [5.41, 5.74) is 4.41. The molecule has 1 atom stereocenters. The Hall–Kier alpha value is -0.326. The SMILES string of the molecule is CC1=[C]([Ti])C(C)c2ccccc21. The number of hydrogen-bond acceptors (Lipinski definition) is 0. The fraction of sp³-hybridized carbons (Fsp3) is 0.273. The van der Waals surface area contributed by atoms with Crippen molar-refractivity contribution in [2.24, 2.45) is 0 Å². The van der Waals surface area contributed by atoms with Gasteiger partial charge in [0.25, 0.3) is 0 Å². The van der Waals surface area contributed by atoms with Crippen molar-refractivity contribution in [2.75, 3.05) is 0 Å². The molecule has 1 heteroatoms. The zero-order valence-corrected chi connectivity index (χ0v) is 8.95. The van der Waals surface area contributed by atoms with E-state index in [1.54, 1.807) is 0 Å². The molecule has 0 saturated carbocycles. The van der Waals surface area contributed by atoms with Crippen LogP contribution in [0.3, 0.4) is 0 Å². The number of rotatable bonds is 0. The summed E-state index contributed by atoms with van der Waals surface area (Å²) >= 11 is 2.24. The third-order valence-electron chi connectivity index (χ3n) is 2.67. The van der Waals surface area contributed by atoms with E-state index < -0.39 is 0 Å². The second-order valence-electron chi connectivity index (χ2n) is 3.35. The summed E-state index contributed by atoms with van der Waals surface area (Å²) in [6.07, 6.45) is 0. The quantitative estimate of drug-likeness (QED) is 0.552. The molecule has 0 spiro atoms. The van der Waals surface area contributed by atoms with Crippen LogP contribution in [0.15, 0.2) is 28.1 Å². The molecule has 1 unspecified atom stereocenters. The summed E-state index contributed by atoms with van der Waals surface area (Å²) in [5.74, 6) is 0.626. The summed E-state index contributed by atoms with van der Waals surface area (Å²) in [4.78, 5) is 0. The van der Waals surface area contributed by atoms with Gasteiger partial charge in [-0.25, -0.2) is 0 Å². The number of fused-ring (bicyclic) bond motifs is 1. The van der Waals surface area contributed by atoms with Crippen LogP contribution in [0, 0.1) is 0 Å². The van der Waals surface area contributed by atoms with Crippen LogP contribution >= 0.6 is 0 Å². The molecular formula is C11H11Ti. The first-order valence-electron chi connectivity index (χ1n) is 4.23. The van der Waals surface area contributed by atoms with Crippen LogP contribution < -0.4 is 0 Å². The first kappa shape index (κ1) is 8.28. The summed E-state index contributed by atoms with van der Waals surface area (Å²) in [6.45, 7) is 4.50. The molecule has 12 heavy (non-hydrogen) atoms. The molecule has 0 fully saturated rings. The molecule has 0 nitrogen and oxygen atoms in total. The van der Waals surface area contributed by atoms with E-state index in [0.29, 0.717) is 5.92 Å². The van der Waals surface area contributed by atoms with Crippen LogP contribution in [0.5, 0.6) is 0 Å². The summed E-state index contributed by atoms with van der Waals surface area (Å²) in [5, 5.41) is 0. The van der Waals surface area contributed by atoms with Gasteiger partial charge in [0.15, 0.2) is 0 Å². The second kappa shape index (κ2) is 2.86. The normalized spacial score (nSPS) is 21.2. The summed E-state index contributed by atoms with van der Waals surface area (Å²) < 4.78 is 1.52. The van der Waals surface area contributed by atoms with Gasteiger partial charge in [-0.05, 0) is 0 Å². The van der Waals surface area contributed by atoms with Crippen molar-refractivity contribution in [3.63, 3.8) is 0 Å². The van der Waals surface area contributed by atoms with Crippen molar-refractivity contribution in [1.29, 1.82) is 0 Å². The van der Waals surface area contributed by atoms with E-state index in [2.05, 4.69) is 58.5 Å². The van der Waals surface area contributed by atoms with Crippen LogP contribution in [-0.2, 0) is 20.4 Å². The van der Waals surface area contributed by atoms with Gasteiger partial charge in [-0.3, -0.25) is 0 Å². The molecule has 0 heterocycles. The molecule has 0 bridgehead atoms. The van der Waals surface area contributed by atoms with E-state index in [4.69, 9.17) is 0 Å². The Labute approximate surface area is 85.1 Å². The Kier molecular flexibility index (Phi) is 1.98. The minimum atomic E-state index is 0.626. The molecule has 1 aromatic rings. The third kappa shape index (κ3) is 1.02. The van der Waals surface area contributed by atoms with Crippen LogP contribution in [-0.4, -0.2) is 0 Å². The molecule has 2 rings (SSSR count). The van der Waals surface area contributed by atoms with Gasteiger partial charge in [-0.15, -0.1) is 0 Å². The Balaban J connectivity index is 2.65. The first-order chi connectivity index (χ1) is 5.72. The van der Waals surface area contributed by atoms with Crippen LogP contribution in [0.2, 0.25) is 0 Å². The molecule has 1 aliphatic carbocycles. The predicted molar refractivity (Wildman–Crippen MR) is 47.5 cm³/mol. The fourth-order valence-corrected chi connectivity index (χ4v) is 2.29. The topological polar surface area (TPSA) is 0 Å². The van der Waals surface area contributed by atoms with E-state index in [0.717, 1.165) is 0 Å². The molecule has 1 aliphatic rings. The monoisotopic (exact) mass is 191 g/mol. The number of benzene rings is 1. The molecule has 0 amide bonds.